The van der Waals surface area contributed by atoms with Gasteiger partial charge in [-0.05, 0) is 85.3 Å². The highest BCUT2D eigenvalue weighted by Gasteiger charge is 2.36. The van der Waals surface area contributed by atoms with Crippen molar-refractivity contribution in [2.24, 2.45) is 0 Å². The van der Waals surface area contributed by atoms with Gasteiger partial charge in [0.25, 0.3) is 0 Å². The molecule has 1 atom stereocenters. The molecule has 3 heterocycles. The largest absolute Gasteiger partial charge is 0.497 e. The van der Waals surface area contributed by atoms with Gasteiger partial charge >= 0.3 is 6.03 Å². The van der Waals surface area contributed by atoms with Crippen LogP contribution in [0.2, 0.25) is 0 Å². The van der Waals surface area contributed by atoms with Crippen LogP contribution in [0.3, 0.4) is 0 Å². The molecule has 0 fully saturated rings. The minimum Gasteiger partial charge on any atom is -0.497 e. The zero-order valence-corrected chi connectivity index (χ0v) is 21.3. The summed E-state index contributed by atoms with van der Waals surface area (Å²) in [4.78, 5) is 17.4. The molecule has 6 rings (SSSR count). The van der Waals surface area contributed by atoms with Crippen LogP contribution >= 0.6 is 11.3 Å². The third-order valence-corrected chi connectivity index (χ3v) is 8.55. The predicted molar refractivity (Wildman–Crippen MR) is 143 cm³/mol. The molecule has 0 spiro atoms. The number of ether oxygens (including phenoxy) is 2. The van der Waals surface area contributed by atoms with Crippen LogP contribution in [0.4, 0.5) is 10.5 Å². The molecular weight excluding hydrogens is 470 g/mol. The average Bonchev–Trinajstić information content (AvgIpc) is 3.51. The first-order chi connectivity index (χ1) is 17.7. The van der Waals surface area contributed by atoms with E-state index in [2.05, 4.69) is 40.3 Å². The normalized spacial score (nSPS) is 16.4. The minimum atomic E-state index is -0.247. The standard InChI is InChI=1S/C29H29N3O3S/c1-34-21-13-9-19(10-14-21)27-25-7-5-17-31(25)28-24(23-6-3-4-8-26(23)36-28)18-32(27)29(33)30-20-11-15-22(35-2)16-12-20/h5,7,9-17,27H,3-4,6,8,18H2,1-2H3,(H,30,33)/t27-/m1/s1. The Morgan fingerprint density at radius 3 is 2.33 bits per heavy atom. The lowest BCUT2D eigenvalue weighted by atomic mass is 9.95. The highest BCUT2D eigenvalue weighted by Crippen LogP contribution is 2.44. The van der Waals surface area contributed by atoms with E-state index >= 15 is 0 Å². The molecule has 0 unspecified atom stereocenters. The van der Waals surface area contributed by atoms with E-state index in [9.17, 15) is 4.79 Å². The maximum absolute atomic E-state index is 14.0. The Morgan fingerprint density at radius 2 is 1.61 bits per heavy atom. The van der Waals surface area contributed by atoms with Crippen LogP contribution in [0.5, 0.6) is 11.5 Å². The fraction of sp³-hybridized carbons (Fsp3) is 0.276. The number of rotatable bonds is 4. The third-order valence-electron chi connectivity index (χ3n) is 7.21. The molecule has 6 nitrogen and oxygen atoms in total. The van der Waals surface area contributed by atoms with Gasteiger partial charge in [-0.3, -0.25) is 0 Å². The number of nitrogens with zero attached hydrogens (tertiary/aromatic N) is 2. The number of carbonyl (C=O) groups is 1. The van der Waals surface area contributed by atoms with Crippen molar-refractivity contribution in [1.29, 1.82) is 0 Å². The number of benzene rings is 2. The maximum Gasteiger partial charge on any atom is 0.322 e. The van der Waals surface area contributed by atoms with E-state index in [1.807, 2.05) is 52.6 Å². The number of hydrogen-bond donors (Lipinski definition) is 1. The zero-order chi connectivity index (χ0) is 24.6. The van der Waals surface area contributed by atoms with Gasteiger partial charge in [-0.15, -0.1) is 11.3 Å². The minimum absolute atomic E-state index is 0.127. The highest BCUT2D eigenvalue weighted by atomic mass is 32.1. The lowest BCUT2D eigenvalue weighted by Crippen LogP contribution is -2.38. The molecule has 36 heavy (non-hydrogen) atoms. The molecule has 0 bridgehead atoms. The van der Waals surface area contributed by atoms with Crippen molar-refractivity contribution in [2.75, 3.05) is 19.5 Å². The van der Waals surface area contributed by atoms with Crippen molar-refractivity contribution >= 4 is 23.1 Å². The number of thiophene rings is 1. The molecule has 0 radical (unpaired) electrons. The Balaban J connectivity index is 1.46. The van der Waals surface area contributed by atoms with Crippen LogP contribution in [0, 0.1) is 0 Å². The molecule has 0 saturated carbocycles. The van der Waals surface area contributed by atoms with Crippen LogP contribution in [0.25, 0.3) is 5.00 Å². The Morgan fingerprint density at radius 1 is 0.917 bits per heavy atom. The van der Waals surface area contributed by atoms with Gasteiger partial charge in [0.1, 0.15) is 16.5 Å². The summed E-state index contributed by atoms with van der Waals surface area (Å²) in [7, 11) is 3.31. The fourth-order valence-electron chi connectivity index (χ4n) is 5.39. The first kappa shape index (κ1) is 22.7. The van der Waals surface area contributed by atoms with E-state index < -0.39 is 0 Å². The molecule has 7 heteroatoms. The summed E-state index contributed by atoms with van der Waals surface area (Å²) in [5.41, 5.74) is 5.60. The molecule has 4 aromatic rings. The van der Waals surface area contributed by atoms with E-state index in [0.29, 0.717) is 6.54 Å². The van der Waals surface area contributed by atoms with Gasteiger partial charge in [0.15, 0.2) is 0 Å². The number of anilines is 1. The van der Waals surface area contributed by atoms with Crippen molar-refractivity contribution in [2.45, 2.75) is 38.3 Å². The number of aryl methyl sites for hydroxylation is 1. The maximum atomic E-state index is 14.0. The van der Waals surface area contributed by atoms with Crippen molar-refractivity contribution in [1.82, 2.24) is 9.47 Å². The second-order valence-corrected chi connectivity index (χ2v) is 10.3. The number of fused-ring (bicyclic) bond motifs is 5. The van der Waals surface area contributed by atoms with Crippen LogP contribution in [-0.4, -0.2) is 29.7 Å². The number of carbonyl (C=O) groups excluding carboxylic acids is 1. The van der Waals surface area contributed by atoms with Crippen molar-refractivity contribution in [3.63, 3.8) is 0 Å². The first-order valence-electron chi connectivity index (χ1n) is 12.3. The van der Waals surface area contributed by atoms with E-state index in [0.717, 1.165) is 41.3 Å². The molecule has 184 valence electrons. The smallest absolute Gasteiger partial charge is 0.322 e. The molecule has 2 amide bonds. The second-order valence-electron chi connectivity index (χ2n) is 9.26. The first-order valence-corrected chi connectivity index (χ1v) is 13.1. The average molecular weight is 500 g/mol. The number of hydrogen-bond acceptors (Lipinski definition) is 4. The summed E-state index contributed by atoms with van der Waals surface area (Å²) in [5.74, 6) is 1.55. The van der Waals surface area contributed by atoms with Gasteiger partial charge in [-0.25, -0.2) is 4.79 Å². The second kappa shape index (κ2) is 9.39. The van der Waals surface area contributed by atoms with Gasteiger partial charge in [0.2, 0.25) is 0 Å². The molecule has 2 aromatic heterocycles. The molecule has 0 saturated heterocycles. The summed E-state index contributed by atoms with van der Waals surface area (Å²) in [6, 6.07) is 19.3. The summed E-state index contributed by atoms with van der Waals surface area (Å²) in [6.07, 6.45) is 6.79. The lowest BCUT2D eigenvalue weighted by Gasteiger charge is -2.31. The molecule has 1 N–H and O–H groups in total. The van der Waals surface area contributed by atoms with E-state index in [1.165, 1.54) is 33.8 Å². The van der Waals surface area contributed by atoms with Crippen LogP contribution < -0.4 is 14.8 Å². The van der Waals surface area contributed by atoms with Gasteiger partial charge in [-0.2, -0.15) is 0 Å². The molecule has 1 aliphatic carbocycles. The zero-order valence-electron chi connectivity index (χ0n) is 20.5. The summed E-state index contributed by atoms with van der Waals surface area (Å²) in [6.45, 7) is 0.557. The summed E-state index contributed by atoms with van der Waals surface area (Å²) in [5, 5.41) is 4.39. The summed E-state index contributed by atoms with van der Waals surface area (Å²) >= 11 is 1.89. The third kappa shape index (κ3) is 3.93. The van der Waals surface area contributed by atoms with Crippen LogP contribution in [-0.2, 0) is 19.4 Å². The predicted octanol–water partition coefficient (Wildman–Crippen LogP) is 6.57. The Bertz CT molecular complexity index is 1390. The van der Waals surface area contributed by atoms with Gasteiger partial charge in [-0.1, -0.05) is 12.1 Å². The molecular formula is C29H29N3O3S. The van der Waals surface area contributed by atoms with Crippen molar-refractivity contribution in [3.05, 3.63) is 94.1 Å². The van der Waals surface area contributed by atoms with Gasteiger partial charge < -0.3 is 24.3 Å². The van der Waals surface area contributed by atoms with Gasteiger partial charge in [0, 0.05) is 22.3 Å². The van der Waals surface area contributed by atoms with Gasteiger partial charge in [0.05, 0.1) is 32.5 Å². The Labute approximate surface area is 215 Å². The number of amides is 2. The van der Waals surface area contributed by atoms with Crippen molar-refractivity contribution < 1.29 is 14.3 Å². The van der Waals surface area contributed by atoms with Crippen LogP contribution in [0.1, 0.15) is 46.1 Å². The number of methoxy groups -OCH3 is 2. The summed E-state index contributed by atoms with van der Waals surface area (Å²) < 4.78 is 13.0. The SMILES string of the molecule is COc1ccc(NC(=O)N2Cc3c(sc4c3CCCC4)-n3cccc3[C@H]2c2ccc(OC)cc2)cc1. The molecule has 2 aliphatic rings. The Hall–Kier alpha value is -3.71. The lowest BCUT2D eigenvalue weighted by molar-refractivity contribution is 0.194. The number of urea groups is 1. The van der Waals surface area contributed by atoms with E-state index in [-0.39, 0.29) is 12.1 Å². The topological polar surface area (TPSA) is 55.7 Å². The van der Waals surface area contributed by atoms with Crippen LogP contribution in [0.15, 0.2) is 66.9 Å². The fourth-order valence-corrected chi connectivity index (χ4v) is 6.80. The monoisotopic (exact) mass is 499 g/mol. The van der Waals surface area contributed by atoms with Crippen molar-refractivity contribution in [3.8, 4) is 16.5 Å². The number of nitrogens with one attached hydrogen (secondary N) is 1. The Kier molecular flexibility index (Phi) is 5.93. The highest BCUT2D eigenvalue weighted by molar-refractivity contribution is 7.15. The molecule has 2 aromatic carbocycles. The molecule has 1 aliphatic heterocycles. The van der Waals surface area contributed by atoms with E-state index in [4.69, 9.17) is 9.47 Å². The number of aromatic nitrogens is 1. The quantitative estimate of drug-likeness (QED) is 0.345. The van der Waals surface area contributed by atoms with E-state index in [1.54, 1.807) is 14.2 Å².